The standard InChI is InChI=1S/C19H34.3C2H6/c1-6-13-14-10-8-9-11-15(14)16-17(13)19(5,7-2)12-18(16,3)4;3*1-2/h13-17H,6-12H2,1-5H3;3*1-2H3. The maximum atomic E-state index is 2.62. The Balaban J connectivity index is 0.000000871. The maximum absolute atomic E-state index is 2.62. The first-order valence-electron chi connectivity index (χ1n) is 11.9. The van der Waals surface area contributed by atoms with E-state index in [0.717, 1.165) is 29.6 Å². The lowest BCUT2D eigenvalue weighted by Gasteiger charge is -2.38. The smallest absolute Gasteiger partial charge is 0.0289 e. The molecule has 3 aliphatic rings. The SMILES string of the molecule is CC.CC.CC.CCC1C2CCCCC2C2C1C(C)(CC)CC2(C)C. The van der Waals surface area contributed by atoms with Gasteiger partial charge in [0.2, 0.25) is 0 Å². The van der Waals surface area contributed by atoms with Gasteiger partial charge in [0.05, 0.1) is 0 Å². The highest BCUT2D eigenvalue weighted by atomic mass is 14.7. The fourth-order valence-corrected chi connectivity index (χ4v) is 7.17. The Labute approximate surface area is 161 Å². The molecule has 0 spiro atoms. The van der Waals surface area contributed by atoms with E-state index in [-0.39, 0.29) is 0 Å². The third-order valence-corrected chi connectivity index (χ3v) is 7.58. The predicted octanol–water partition coefficient (Wildman–Crippen LogP) is 8.99. The molecule has 0 bridgehead atoms. The van der Waals surface area contributed by atoms with Crippen LogP contribution >= 0.6 is 0 Å². The summed E-state index contributed by atoms with van der Waals surface area (Å²) in [5, 5.41) is 0. The number of rotatable bonds is 2. The molecule has 6 unspecified atom stereocenters. The molecular weight excluding hydrogens is 300 g/mol. The first-order valence-corrected chi connectivity index (χ1v) is 11.9. The van der Waals surface area contributed by atoms with Crippen molar-refractivity contribution < 1.29 is 0 Å². The van der Waals surface area contributed by atoms with Gasteiger partial charge in [0, 0.05) is 0 Å². The van der Waals surface area contributed by atoms with Crippen molar-refractivity contribution in [1.29, 1.82) is 0 Å². The zero-order valence-electron chi connectivity index (χ0n) is 19.8. The minimum Gasteiger partial charge on any atom is -0.0683 e. The summed E-state index contributed by atoms with van der Waals surface area (Å²) in [4.78, 5) is 0. The van der Waals surface area contributed by atoms with Crippen molar-refractivity contribution in [2.45, 2.75) is 121 Å². The van der Waals surface area contributed by atoms with Crippen molar-refractivity contribution in [3.05, 3.63) is 0 Å². The van der Waals surface area contributed by atoms with E-state index in [0.29, 0.717) is 10.8 Å². The lowest BCUT2D eigenvalue weighted by atomic mass is 9.67. The summed E-state index contributed by atoms with van der Waals surface area (Å²) in [6, 6.07) is 0. The molecule has 3 saturated carbocycles. The van der Waals surface area contributed by atoms with Gasteiger partial charge < -0.3 is 0 Å². The van der Waals surface area contributed by atoms with Crippen molar-refractivity contribution in [2.24, 2.45) is 40.4 Å². The molecule has 0 aliphatic heterocycles. The van der Waals surface area contributed by atoms with E-state index in [2.05, 4.69) is 34.6 Å². The summed E-state index contributed by atoms with van der Waals surface area (Å²) in [6.45, 7) is 24.7. The van der Waals surface area contributed by atoms with E-state index in [1.54, 1.807) is 12.8 Å². The van der Waals surface area contributed by atoms with E-state index >= 15 is 0 Å². The highest BCUT2D eigenvalue weighted by Crippen LogP contribution is 2.71. The van der Waals surface area contributed by atoms with Crippen molar-refractivity contribution >= 4 is 0 Å². The van der Waals surface area contributed by atoms with Crippen molar-refractivity contribution in [3.8, 4) is 0 Å². The summed E-state index contributed by atoms with van der Waals surface area (Å²) in [6.07, 6.45) is 10.4. The highest BCUT2D eigenvalue weighted by Gasteiger charge is 2.64. The Morgan fingerprint density at radius 3 is 1.64 bits per heavy atom. The average molecular weight is 353 g/mol. The van der Waals surface area contributed by atoms with Crippen LogP contribution in [0.5, 0.6) is 0 Å². The minimum absolute atomic E-state index is 0.597. The molecule has 3 fully saturated rings. The van der Waals surface area contributed by atoms with Crippen molar-refractivity contribution in [1.82, 2.24) is 0 Å². The van der Waals surface area contributed by atoms with E-state index in [1.165, 1.54) is 32.1 Å². The second-order valence-electron chi connectivity index (χ2n) is 8.91. The Hall–Kier alpha value is 0. The van der Waals surface area contributed by atoms with Gasteiger partial charge in [-0.2, -0.15) is 0 Å². The molecule has 0 radical (unpaired) electrons. The van der Waals surface area contributed by atoms with Crippen LogP contribution in [0.25, 0.3) is 0 Å². The summed E-state index contributed by atoms with van der Waals surface area (Å²) in [7, 11) is 0. The average Bonchev–Trinajstić information content (AvgIpc) is 3.12. The Morgan fingerprint density at radius 2 is 1.20 bits per heavy atom. The Morgan fingerprint density at radius 1 is 0.720 bits per heavy atom. The van der Waals surface area contributed by atoms with Gasteiger partial charge in [-0.15, -0.1) is 0 Å². The van der Waals surface area contributed by atoms with Gasteiger partial charge in [0.1, 0.15) is 0 Å². The van der Waals surface area contributed by atoms with Crippen LogP contribution < -0.4 is 0 Å². The largest absolute Gasteiger partial charge is 0.0683 e. The molecular formula is C25H52. The molecule has 25 heavy (non-hydrogen) atoms. The Kier molecular flexibility index (Phi) is 11.0. The summed E-state index contributed by atoms with van der Waals surface area (Å²) in [5.41, 5.74) is 1.23. The third kappa shape index (κ3) is 4.65. The molecule has 0 N–H and O–H groups in total. The van der Waals surface area contributed by atoms with Crippen LogP contribution in [0, 0.1) is 40.4 Å². The summed E-state index contributed by atoms with van der Waals surface area (Å²) >= 11 is 0. The molecule has 0 heterocycles. The molecule has 3 rings (SSSR count). The van der Waals surface area contributed by atoms with Crippen molar-refractivity contribution in [2.75, 3.05) is 0 Å². The third-order valence-electron chi connectivity index (χ3n) is 7.58. The van der Waals surface area contributed by atoms with Crippen LogP contribution in [-0.2, 0) is 0 Å². The molecule has 0 aromatic rings. The molecule has 0 nitrogen and oxygen atoms in total. The monoisotopic (exact) mass is 352 g/mol. The quantitative estimate of drug-likeness (QED) is 0.465. The Bertz CT molecular complexity index is 342. The van der Waals surface area contributed by atoms with Gasteiger partial charge in [-0.25, -0.2) is 0 Å². The van der Waals surface area contributed by atoms with E-state index < -0.39 is 0 Å². The summed E-state index contributed by atoms with van der Waals surface area (Å²) < 4.78 is 0. The second kappa shape index (κ2) is 11.0. The molecule has 6 atom stereocenters. The maximum Gasteiger partial charge on any atom is -0.0289 e. The van der Waals surface area contributed by atoms with Crippen LogP contribution in [0.15, 0.2) is 0 Å². The lowest BCUT2D eigenvalue weighted by Crippen LogP contribution is -2.29. The van der Waals surface area contributed by atoms with Crippen LogP contribution in [0.1, 0.15) is 121 Å². The highest BCUT2D eigenvalue weighted by molar-refractivity contribution is 5.12. The van der Waals surface area contributed by atoms with Gasteiger partial charge >= 0.3 is 0 Å². The predicted molar refractivity (Wildman–Crippen MR) is 117 cm³/mol. The molecule has 3 aliphatic carbocycles. The van der Waals surface area contributed by atoms with Gasteiger partial charge in [-0.05, 0) is 59.7 Å². The van der Waals surface area contributed by atoms with E-state index in [4.69, 9.17) is 0 Å². The molecule has 152 valence electrons. The summed E-state index contributed by atoms with van der Waals surface area (Å²) in [5.74, 6) is 5.27. The van der Waals surface area contributed by atoms with Gasteiger partial charge in [0.25, 0.3) is 0 Å². The lowest BCUT2D eigenvalue weighted by molar-refractivity contribution is 0.115. The number of hydrogen-bond donors (Lipinski definition) is 0. The van der Waals surface area contributed by atoms with Crippen LogP contribution in [0.3, 0.4) is 0 Å². The van der Waals surface area contributed by atoms with E-state index in [9.17, 15) is 0 Å². The molecule has 0 aromatic heterocycles. The second-order valence-corrected chi connectivity index (χ2v) is 8.91. The number of hydrogen-bond acceptors (Lipinski definition) is 0. The van der Waals surface area contributed by atoms with Crippen LogP contribution in [0.2, 0.25) is 0 Å². The van der Waals surface area contributed by atoms with Crippen molar-refractivity contribution in [3.63, 3.8) is 0 Å². The zero-order chi connectivity index (χ0) is 19.8. The molecule has 0 aromatic carbocycles. The topological polar surface area (TPSA) is 0 Å². The molecule has 0 heteroatoms. The fourth-order valence-electron chi connectivity index (χ4n) is 7.17. The molecule has 0 saturated heterocycles. The zero-order valence-corrected chi connectivity index (χ0v) is 19.8. The fraction of sp³-hybridized carbons (Fsp3) is 1.00. The normalized spacial score (nSPS) is 40.2. The minimum atomic E-state index is 0.597. The molecule has 0 amide bonds. The first kappa shape index (κ1) is 25.0. The van der Waals surface area contributed by atoms with Gasteiger partial charge in [-0.3, -0.25) is 0 Å². The van der Waals surface area contributed by atoms with Crippen LogP contribution in [0.4, 0.5) is 0 Å². The van der Waals surface area contributed by atoms with Gasteiger partial charge in [-0.1, -0.05) is 102 Å². The van der Waals surface area contributed by atoms with E-state index in [1.807, 2.05) is 41.5 Å². The number of fused-ring (bicyclic) bond motifs is 3. The van der Waals surface area contributed by atoms with Crippen LogP contribution in [-0.4, -0.2) is 0 Å². The van der Waals surface area contributed by atoms with Gasteiger partial charge in [0.15, 0.2) is 0 Å². The first-order chi connectivity index (χ1) is 11.9.